The lowest BCUT2D eigenvalue weighted by atomic mass is 9.87. The van der Waals surface area contributed by atoms with E-state index in [1.165, 1.54) is 12.5 Å². The summed E-state index contributed by atoms with van der Waals surface area (Å²) in [5.41, 5.74) is -0.0247. The van der Waals surface area contributed by atoms with Crippen molar-refractivity contribution >= 4 is 10.8 Å². The van der Waals surface area contributed by atoms with Gasteiger partial charge >= 0.3 is 12.4 Å². The van der Waals surface area contributed by atoms with Gasteiger partial charge in [-0.25, -0.2) is 0 Å². The zero-order valence-corrected chi connectivity index (χ0v) is 18.6. The third-order valence-corrected chi connectivity index (χ3v) is 7.14. The molecule has 2 fully saturated rings. The Morgan fingerprint density at radius 2 is 1.52 bits per heavy atom. The Balaban J connectivity index is 1.63. The highest BCUT2D eigenvalue weighted by Gasteiger charge is 2.42. The second-order valence-corrected chi connectivity index (χ2v) is 9.32. The van der Waals surface area contributed by atoms with Crippen LogP contribution in [0.25, 0.3) is 10.8 Å². The topological polar surface area (TPSA) is 12.5 Å². The standard InChI is InChI=1S/C25H29F6NO/c1-16(32-13-3-2-4-14-32)18-6-5-17-7-12-22(23(21(17)15-18)25(29,30)31)33-20-10-8-19(9-11-20)24(26,27)28/h5-7,12,15-16,19-20H,2-4,8-11,13-14H2,1H3. The molecule has 0 spiro atoms. The minimum absolute atomic E-state index is 0.00185. The number of piperidine rings is 1. The molecule has 1 aliphatic heterocycles. The Morgan fingerprint density at radius 3 is 2.12 bits per heavy atom. The van der Waals surface area contributed by atoms with Gasteiger partial charge in [0.1, 0.15) is 11.3 Å². The van der Waals surface area contributed by atoms with E-state index in [4.69, 9.17) is 4.74 Å². The molecule has 33 heavy (non-hydrogen) atoms. The number of halogens is 6. The van der Waals surface area contributed by atoms with Crippen LogP contribution in [0.5, 0.6) is 5.75 Å². The van der Waals surface area contributed by atoms with E-state index < -0.39 is 29.9 Å². The molecule has 1 atom stereocenters. The van der Waals surface area contributed by atoms with Gasteiger partial charge in [0.15, 0.2) is 0 Å². The summed E-state index contributed by atoms with van der Waals surface area (Å²) in [6.45, 7) is 3.86. The minimum atomic E-state index is -4.65. The number of benzene rings is 2. The Kier molecular flexibility index (Phi) is 6.85. The van der Waals surface area contributed by atoms with E-state index in [-0.39, 0.29) is 42.9 Å². The van der Waals surface area contributed by atoms with E-state index in [1.54, 1.807) is 18.2 Å². The lowest BCUT2D eigenvalue weighted by Crippen LogP contribution is -2.32. The molecular formula is C25H29F6NO. The predicted octanol–water partition coefficient (Wildman–Crippen LogP) is 7.91. The number of likely N-dealkylation sites (tertiary alicyclic amines) is 1. The Bertz CT molecular complexity index is 956. The van der Waals surface area contributed by atoms with Crippen molar-refractivity contribution in [1.29, 1.82) is 0 Å². The van der Waals surface area contributed by atoms with Gasteiger partial charge in [0, 0.05) is 6.04 Å². The van der Waals surface area contributed by atoms with Crippen LogP contribution < -0.4 is 4.74 Å². The zero-order chi connectivity index (χ0) is 23.8. The fourth-order valence-corrected chi connectivity index (χ4v) is 5.17. The van der Waals surface area contributed by atoms with E-state index in [0.29, 0.717) is 5.39 Å². The van der Waals surface area contributed by atoms with Crippen LogP contribution in [0.3, 0.4) is 0 Å². The quantitative estimate of drug-likeness (QED) is 0.419. The first-order valence-corrected chi connectivity index (χ1v) is 11.7. The molecule has 0 aromatic heterocycles. The third kappa shape index (κ3) is 5.42. The third-order valence-electron chi connectivity index (χ3n) is 7.14. The molecule has 4 rings (SSSR count). The van der Waals surface area contributed by atoms with E-state index in [2.05, 4.69) is 4.90 Å². The summed E-state index contributed by atoms with van der Waals surface area (Å²) in [5, 5.41) is 0.537. The summed E-state index contributed by atoms with van der Waals surface area (Å²) in [4.78, 5) is 2.29. The minimum Gasteiger partial charge on any atom is -0.490 e. The average molecular weight is 474 g/mol. The van der Waals surface area contributed by atoms with Crippen molar-refractivity contribution < 1.29 is 31.1 Å². The van der Waals surface area contributed by atoms with Gasteiger partial charge in [0.25, 0.3) is 0 Å². The number of nitrogens with zero attached hydrogens (tertiary/aromatic N) is 1. The molecule has 1 saturated heterocycles. The molecule has 2 aromatic rings. The zero-order valence-electron chi connectivity index (χ0n) is 18.6. The first-order valence-electron chi connectivity index (χ1n) is 11.7. The highest BCUT2D eigenvalue weighted by molar-refractivity contribution is 5.89. The van der Waals surface area contributed by atoms with Crippen molar-refractivity contribution in [2.75, 3.05) is 13.1 Å². The number of alkyl halides is 6. The molecule has 182 valence electrons. The van der Waals surface area contributed by atoms with Crippen LogP contribution in [0, 0.1) is 5.92 Å². The average Bonchev–Trinajstić information content (AvgIpc) is 2.77. The molecule has 0 radical (unpaired) electrons. The van der Waals surface area contributed by atoms with Crippen LogP contribution in [0.1, 0.15) is 69.0 Å². The maximum absolute atomic E-state index is 14.2. The molecule has 2 aromatic carbocycles. The maximum atomic E-state index is 14.2. The number of ether oxygens (including phenoxy) is 1. The van der Waals surface area contributed by atoms with Gasteiger partial charge in [-0.3, -0.25) is 4.90 Å². The van der Waals surface area contributed by atoms with E-state index in [0.717, 1.165) is 31.5 Å². The maximum Gasteiger partial charge on any atom is 0.420 e. The largest absolute Gasteiger partial charge is 0.490 e. The van der Waals surface area contributed by atoms with Gasteiger partial charge in [0.05, 0.1) is 12.0 Å². The van der Waals surface area contributed by atoms with Crippen LogP contribution in [0.4, 0.5) is 26.3 Å². The SMILES string of the molecule is CC(c1ccc2ccc(OC3CCC(C(F)(F)F)CC3)c(C(F)(F)F)c2c1)N1CCCCC1. The van der Waals surface area contributed by atoms with Crippen molar-refractivity contribution in [2.24, 2.45) is 5.92 Å². The fraction of sp³-hybridized carbons (Fsp3) is 0.600. The smallest absolute Gasteiger partial charge is 0.420 e. The van der Waals surface area contributed by atoms with Crippen LogP contribution >= 0.6 is 0 Å². The van der Waals surface area contributed by atoms with Gasteiger partial charge in [-0.05, 0) is 87.0 Å². The van der Waals surface area contributed by atoms with E-state index >= 15 is 0 Å². The Morgan fingerprint density at radius 1 is 0.879 bits per heavy atom. The second kappa shape index (κ2) is 9.35. The number of fused-ring (bicyclic) bond motifs is 1. The summed E-state index contributed by atoms with van der Waals surface area (Å²) in [6, 6.07) is 8.08. The highest BCUT2D eigenvalue weighted by Crippen LogP contribution is 2.44. The fourth-order valence-electron chi connectivity index (χ4n) is 5.17. The van der Waals surface area contributed by atoms with Crippen molar-refractivity contribution in [2.45, 2.75) is 76.4 Å². The van der Waals surface area contributed by atoms with E-state index in [1.807, 2.05) is 13.0 Å². The van der Waals surface area contributed by atoms with Gasteiger partial charge < -0.3 is 4.74 Å². The highest BCUT2D eigenvalue weighted by atomic mass is 19.4. The summed E-state index contributed by atoms with van der Waals surface area (Å²) >= 11 is 0. The summed E-state index contributed by atoms with van der Waals surface area (Å²) in [6.07, 6.45) is -6.31. The predicted molar refractivity (Wildman–Crippen MR) is 115 cm³/mol. The van der Waals surface area contributed by atoms with Crippen molar-refractivity contribution in [3.8, 4) is 5.75 Å². The van der Waals surface area contributed by atoms with Gasteiger partial charge in [-0.15, -0.1) is 0 Å². The molecular weight excluding hydrogens is 444 g/mol. The number of hydrogen-bond donors (Lipinski definition) is 0. The Labute approximate surface area is 189 Å². The van der Waals surface area contributed by atoms with Crippen LogP contribution in [-0.4, -0.2) is 30.3 Å². The monoisotopic (exact) mass is 473 g/mol. The molecule has 0 amide bonds. The summed E-state index contributed by atoms with van der Waals surface area (Å²) in [7, 11) is 0. The first kappa shape index (κ1) is 24.2. The molecule has 2 aliphatic rings. The molecule has 0 bridgehead atoms. The van der Waals surface area contributed by atoms with Crippen molar-refractivity contribution in [3.63, 3.8) is 0 Å². The van der Waals surface area contributed by atoms with Crippen molar-refractivity contribution in [3.05, 3.63) is 41.5 Å². The molecule has 1 saturated carbocycles. The first-order chi connectivity index (χ1) is 15.5. The summed E-state index contributed by atoms with van der Waals surface area (Å²) in [5.74, 6) is -1.71. The Hall–Kier alpha value is -1.96. The lowest BCUT2D eigenvalue weighted by molar-refractivity contribution is -0.185. The molecule has 0 N–H and O–H groups in total. The lowest BCUT2D eigenvalue weighted by Gasteiger charge is -2.33. The van der Waals surface area contributed by atoms with Gasteiger partial charge in [-0.2, -0.15) is 26.3 Å². The van der Waals surface area contributed by atoms with Gasteiger partial charge in [0.2, 0.25) is 0 Å². The normalized spacial score (nSPS) is 24.1. The van der Waals surface area contributed by atoms with Gasteiger partial charge in [-0.1, -0.05) is 24.6 Å². The molecule has 1 heterocycles. The van der Waals surface area contributed by atoms with Crippen LogP contribution in [0.15, 0.2) is 30.3 Å². The van der Waals surface area contributed by atoms with E-state index in [9.17, 15) is 26.3 Å². The second-order valence-electron chi connectivity index (χ2n) is 9.32. The molecule has 8 heteroatoms. The van der Waals surface area contributed by atoms with Crippen LogP contribution in [0.2, 0.25) is 0 Å². The molecule has 1 unspecified atom stereocenters. The van der Waals surface area contributed by atoms with Crippen LogP contribution in [-0.2, 0) is 6.18 Å². The van der Waals surface area contributed by atoms with Crippen molar-refractivity contribution in [1.82, 2.24) is 4.90 Å². The summed E-state index contributed by atoms with van der Waals surface area (Å²) < 4.78 is 87.1. The molecule has 1 aliphatic carbocycles. The number of rotatable bonds is 4. The molecule has 2 nitrogen and oxygen atoms in total. The number of hydrogen-bond acceptors (Lipinski definition) is 2.